The highest BCUT2D eigenvalue weighted by Crippen LogP contribution is 2.23. The van der Waals surface area contributed by atoms with Crippen LogP contribution in [0, 0.1) is 6.92 Å². The molecule has 0 bridgehead atoms. The predicted molar refractivity (Wildman–Crippen MR) is 101 cm³/mol. The summed E-state index contributed by atoms with van der Waals surface area (Å²) in [6, 6.07) is 11.3. The van der Waals surface area contributed by atoms with Gasteiger partial charge in [0, 0.05) is 36.7 Å². The smallest absolute Gasteiger partial charge is 0.255 e. The first-order valence-electron chi connectivity index (χ1n) is 8.50. The highest BCUT2D eigenvalue weighted by Gasteiger charge is 2.30. The van der Waals surface area contributed by atoms with E-state index in [1.165, 1.54) is 7.05 Å². The standard InChI is InChI=1S/C20H19N3O4/c1-12-3-4-14(19(26)21-2)11-16(12)22-20(27)13-5-7-15(8-6-13)23-17(24)9-10-18(23)25/h3-8,11H,9-10H2,1-2H3,(H,21,26)(H,22,27). The zero-order valence-corrected chi connectivity index (χ0v) is 15.0. The first-order valence-corrected chi connectivity index (χ1v) is 8.50. The summed E-state index contributed by atoms with van der Waals surface area (Å²) in [5.41, 5.74) is 2.63. The highest BCUT2D eigenvalue weighted by atomic mass is 16.2. The maximum atomic E-state index is 12.5. The molecule has 1 aliphatic rings. The van der Waals surface area contributed by atoms with Crippen LogP contribution >= 0.6 is 0 Å². The Balaban J connectivity index is 1.78. The quantitative estimate of drug-likeness (QED) is 0.813. The molecule has 1 aliphatic heterocycles. The van der Waals surface area contributed by atoms with Crippen molar-refractivity contribution in [3.8, 4) is 0 Å². The summed E-state index contributed by atoms with van der Waals surface area (Å²) in [6.07, 6.45) is 0.421. The average Bonchev–Trinajstić information content (AvgIpc) is 3.01. The summed E-state index contributed by atoms with van der Waals surface area (Å²) < 4.78 is 0. The summed E-state index contributed by atoms with van der Waals surface area (Å²) in [4.78, 5) is 49.0. The van der Waals surface area contributed by atoms with E-state index in [0.717, 1.165) is 10.5 Å². The third-order valence-electron chi connectivity index (χ3n) is 4.41. The van der Waals surface area contributed by atoms with E-state index in [0.29, 0.717) is 22.5 Å². The molecule has 0 radical (unpaired) electrons. The molecule has 4 amide bonds. The number of amides is 4. The third kappa shape index (κ3) is 3.72. The molecule has 138 valence electrons. The molecule has 2 aromatic rings. The molecule has 0 unspecified atom stereocenters. The van der Waals surface area contributed by atoms with E-state index >= 15 is 0 Å². The van der Waals surface area contributed by atoms with Crippen molar-refractivity contribution < 1.29 is 19.2 Å². The molecule has 1 heterocycles. The van der Waals surface area contributed by atoms with Crippen LogP contribution in [0.5, 0.6) is 0 Å². The topological polar surface area (TPSA) is 95.6 Å². The first-order chi connectivity index (χ1) is 12.9. The minimum Gasteiger partial charge on any atom is -0.355 e. The number of hydrogen-bond acceptors (Lipinski definition) is 4. The van der Waals surface area contributed by atoms with Gasteiger partial charge in [-0.15, -0.1) is 0 Å². The minimum atomic E-state index is -0.349. The van der Waals surface area contributed by atoms with E-state index in [1.807, 2.05) is 6.92 Å². The molecule has 0 atom stereocenters. The summed E-state index contributed by atoms with van der Waals surface area (Å²) in [5.74, 6) is -1.06. The number of anilines is 2. The van der Waals surface area contributed by atoms with E-state index in [4.69, 9.17) is 0 Å². The van der Waals surface area contributed by atoms with Crippen molar-refractivity contribution in [2.45, 2.75) is 19.8 Å². The fourth-order valence-electron chi connectivity index (χ4n) is 2.86. The van der Waals surface area contributed by atoms with Gasteiger partial charge in [-0.3, -0.25) is 24.1 Å². The first kappa shape index (κ1) is 18.3. The molecule has 27 heavy (non-hydrogen) atoms. The number of nitrogens with zero attached hydrogens (tertiary/aromatic N) is 1. The largest absolute Gasteiger partial charge is 0.355 e. The minimum absolute atomic E-state index is 0.210. The van der Waals surface area contributed by atoms with Gasteiger partial charge in [0.05, 0.1) is 5.69 Å². The molecular formula is C20H19N3O4. The van der Waals surface area contributed by atoms with Crippen LogP contribution in [0.15, 0.2) is 42.5 Å². The number of carbonyl (C=O) groups excluding carboxylic acids is 4. The molecule has 0 aromatic heterocycles. The Morgan fingerprint density at radius 3 is 2.07 bits per heavy atom. The second kappa shape index (κ2) is 7.41. The number of hydrogen-bond donors (Lipinski definition) is 2. The van der Waals surface area contributed by atoms with Crippen molar-refractivity contribution in [1.29, 1.82) is 0 Å². The van der Waals surface area contributed by atoms with Crippen LogP contribution in [0.2, 0.25) is 0 Å². The van der Waals surface area contributed by atoms with E-state index < -0.39 is 0 Å². The van der Waals surface area contributed by atoms with Gasteiger partial charge in [0.15, 0.2) is 0 Å². The van der Waals surface area contributed by atoms with Crippen LogP contribution in [0.1, 0.15) is 39.1 Å². The summed E-state index contributed by atoms with van der Waals surface area (Å²) >= 11 is 0. The third-order valence-corrected chi connectivity index (χ3v) is 4.41. The molecule has 0 aliphatic carbocycles. The van der Waals surface area contributed by atoms with Gasteiger partial charge in [0.1, 0.15) is 0 Å². The lowest BCUT2D eigenvalue weighted by Gasteiger charge is -2.14. The Labute approximate surface area is 156 Å². The monoisotopic (exact) mass is 365 g/mol. The SMILES string of the molecule is CNC(=O)c1ccc(C)c(NC(=O)c2ccc(N3C(=O)CCC3=O)cc2)c1. The van der Waals surface area contributed by atoms with Gasteiger partial charge in [-0.05, 0) is 48.9 Å². The lowest BCUT2D eigenvalue weighted by Crippen LogP contribution is -2.28. The molecular weight excluding hydrogens is 346 g/mol. The van der Waals surface area contributed by atoms with Gasteiger partial charge in [-0.1, -0.05) is 6.07 Å². The van der Waals surface area contributed by atoms with E-state index in [1.54, 1.807) is 42.5 Å². The number of rotatable bonds is 4. The van der Waals surface area contributed by atoms with Crippen molar-refractivity contribution in [1.82, 2.24) is 5.32 Å². The van der Waals surface area contributed by atoms with Crippen molar-refractivity contribution in [2.75, 3.05) is 17.3 Å². The number of carbonyl (C=O) groups is 4. The molecule has 0 saturated carbocycles. The summed E-state index contributed by atoms with van der Waals surface area (Å²) in [7, 11) is 1.54. The van der Waals surface area contributed by atoms with Gasteiger partial charge >= 0.3 is 0 Å². The molecule has 1 fully saturated rings. The van der Waals surface area contributed by atoms with E-state index in [2.05, 4.69) is 10.6 Å². The molecule has 3 rings (SSSR count). The molecule has 7 heteroatoms. The molecule has 1 saturated heterocycles. The van der Waals surface area contributed by atoms with Crippen LogP contribution in [0.25, 0.3) is 0 Å². The second-order valence-electron chi connectivity index (χ2n) is 6.23. The van der Waals surface area contributed by atoms with Crippen molar-refractivity contribution in [3.63, 3.8) is 0 Å². The van der Waals surface area contributed by atoms with Gasteiger partial charge in [-0.2, -0.15) is 0 Å². The molecule has 2 N–H and O–H groups in total. The van der Waals surface area contributed by atoms with Gasteiger partial charge in [0.25, 0.3) is 11.8 Å². The fourth-order valence-corrected chi connectivity index (χ4v) is 2.86. The second-order valence-corrected chi connectivity index (χ2v) is 6.23. The molecule has 7 nitrogen and oxygen atoms in total. The zero-order valence-electron chi connectivity index (χ0n) is 15.0. The van der Waals surface area contributed by atoms with Crippen LogP contribution in [-0.4, -0.2) is 30.7 Å². The maximum absolute atomic E-state index is 12.5. The van der Waals surface area contributed by atoms with Gasteiger partial charge < -0.3 is 10.6 Å². The van der Waals surface area contributed by atoms with Crippen molar-refractivity contribution in [2.24, 2.45) is 0 Å². The number of imide groups is 1. The zero-order chi connectivity index (χ0) is 19.6. The normalized spacial score (nSPS) is 13.6. The van der Waals surface area contributed by atoms with Crippen LogP contribution in [0.3, 0.4) is 0 Å². The van der Waals surface area contributed by atoms with E-state index in [9.17, 15) is 19.2 Å². The Morgan fingerprint density at radius 1 is 0.889 bits per heavy atom. The lowest BCUT2D eigenvalue weighted by molar-refractivity contribution is -0.121. The van der Waals surface area contributed by atoms with Crippen LogP contribution in [-0.2, 0) is 9.59 Å². The van der Waals surface area contributed by atoms with Crippen LogP contribution in [0.4, 0.5) is 11.4 Å². The van der Waals surface area contributed by atoms with Crippen molar-refractivity contribution >= 4 is 35.0 Å². The molecule has 0 spiro atoms. The van der Waals surface area contributed by atoms with Gasteiger partial charge in [0.2, 0.25) is 11.8 Å². The Bertz CT molecular complexity index is 919. The van der Waals surface area contributed by atoms with Crippen molar-refractivity contribution in [3.05, 3.63) is 59.2 Å². The fraction of sp³-hybridized carbons (Fsp3) is 0.200. The average molecular weight is 365 g/mol. The summed E-state index contributed by atoms with van der Waals surface area (Å²) in [5, 5.41) is 5.33. The van der Waals surface area contributed by atoms with E-state index in [-0.39, 0.29) is 36.5 Å². The highest BCUT2D eigenvalue weighted by molar-refractivity contribution is 6.20. The number of nitrogens with one attached hydrogen (secondary N) is 2. The Hall–Kier alpha value is -3.48. The lowest BCUT2D eigenvalue weighted by atomic mass is 10.1. The predicted octanol–water partition coefficient (Wildman–Crippen LogP) is 2.26. The molecule has 2 aromatic carbocycles. The summed E-state index contributed by atoms with van der Waals surface area (Å²) in [6.45, 7) is 1.83. The Kier molecular flexibility index (Phi) is 5.03. The van der Waals surface area contributed by atoms with Crippen LogP contribution < -0.4 is 15.5 Å². The number of benzene rings is 2. The Morgan fingerprint density at radius 2 is 1.48 bits per heavy atom. The van der Waals surface area contributed by atoms with Gasteiger partial charge in [-0.25, -0.2) is 0 Å². The maximum Gasteiger partial charge on any atom is 0.255 e. The number of aryl methyl sites for hydroxylation is 1.